The van der Waals surface area contributed by atoms with Gasteiger partial charge in [0.05, 0.1) is 11.7 Å². The number of carbonyl (C=O) groups is 1. The van der Waals surface area contributed by atoms with Gasteiger partial charge in [-0.25, -0.2) is 0 Å². The number of ether oxygens (including phenoxy) is 1. The molecule has 4 heteroatoms. The minimum atomic E-state index is -0.213. The second kappa shape index (κ2) is 1.82. The Morgan fingerprint density at radius 3 is 3.18 bits per heavy atom. The van der Waals surface area contributed by atoms with Gasteiger partial charge in [-0.05, 0) is 6.92 Å². The van der Waals surface area contributed by atoms with Gasteiger partial charge >= 0.3 is 0 Å². The maximum absolute atomic E-state index is 11.0. The maximum atomic E-state index is 11.0. The summed E-state index contributed by atoms with van der Waals surface area (Å²) in [5, 5.41) is 11.4. The van der Waals surface area contributed by atoms with Crippen molar-refractivity contribution in [2.45, 2.75) is 31.5 Å². The summed E-state index contributed by atoms with van der Waals surface area (Å²) in [7, 11) is 0. The second-order valence-electron chi connectivity index (χ2n) is 3.27. The van der Waals surface area contributed by atoms with E-state index >= 15 is 0 Å². The lowest BCUT2D eigenvalue weighted by Crippen LogP contribution is -2.30. The Morgan fingerprint density at radius 2 is 2.55 bits per heavy atom. The molecule has 11 heavy (non-hydrogen) atoms. The predicted octanol–water partition coefficient (Wildman–Crippen LogP) is 0.337. The molecule has 1 unspecified atom stereocenters. The van der Waals surface area contributed by atoms with Crippen LogP contribution in [0.4, 0.5) is 0 Å². The molecular formula is C7H9NO3. The molecule has 0 radical (unpaired) electrons. The Hall–Kier alpha value is -0.900. The number of epoxide rings is 1. The van der Waals surface area contributed by atoms with Gasteiger partial charge in [-0.1, -0.05) is 5.16 Å². The van der Waals surface area contributed by atoms with Crippen LogP contribution in [0.5, 0.6) is 0 Å². The van der Waals surface area contributed by atoms with Crippen molar-refractivity contribution in [2.24, 2.45) is 5.16 Å². The lowest BCUT2D eigenvalue weighted by Gasteiger charge is -2.11. The van der Waals surface area contributed by atoms with Crippen LogP contribution in [0.25, 0.3) is 0 Å². The highest BCUT2D eigenvalue weighted by Gasteiger charge is 2.57. The van der Waals surface area contributed by atoms with Crippen molar-refractivity contribution in [2.75, 3.05) is 0 Å². The summed E-state index contributed by atoms with van der Waals surface area (Å²) in [4.78, 5) is 11.0. The van der Waals surface area contributed by atoms with Gasteiger partial charge in [-0.3, -0.25) is 4.79 Å². The van der Waals surface area contributed by atoms with Crippen LogP contribution in [-0.2, 0) is 9.53 Å². The number of oxime groups is 1. The number of nitrogens with zero attached hydrogens (tertiary/aromatic N) is 1. The molecule has 0 spiro atoms. The van der Waals surface area contributed by atoms with Crippen molar-refractivity contribution in [3.63, 3.8) is 0 Å². The number of rotatable bonds is 0. The summed E-state index contributed by atoms with van der Waals surface area (Å²) < 4.78 is 5.26. The van der Waals surface area contributed by atoms with Crippen LogP contribution in [0.15, 0.2) is 5.16 Å². The van der Waals surface area contributed by atoms with Gasteiger partial charge in [0.2, 0.25) is 0 Å². The highest BCUT2D eigenvalue weighted by Crippen LogP contribution is 2.45. The van der Waals surface area contributed by atoms with Crippen molar-refractivity contribution in [1.29, 1.82) is 0 Å². The third-order valence-corrected chi connectivity index (χ3v) is 2.37. The second-order valence-corrected chi connectivity index (χ2v) is 3.27. The van der Waals surface area contributed by atoms with E-state index in [4.69, 9.17) is 9.94 Å². The first kappa shape index (κ1) is 6.79. The zero-order chi connectivity index (χ0) is 8.06. The minimum Gasteiger partial charge on any atom is -0.411 e. The Labute approximate surface area is 63.8 Å². The Bertz CT molecular complexity index is 248. The molecule has 1 aliphatic heterocycles. The normalized spacial score (nSPS) is 45.7. The summed E-state index contributed by atoms with van der Waals surface area (Å²) >= 11 is 0. The molecule has 0 aromatic rings. The zero-order valence-electron chi connectivity index (χ0n) is 6.20. The summed E-state index contributed by atoms with van der Waals surface area (Å²) in [5.41, 5.74) is 0.0383. The van der Waals surface area contributed by atoms with Crippen molar-refractivity contribution in [3.8, 4) is 0 Å². The standard InChI is InChI=1S/C7H9NO3/c1-7-3-4(8-10)5(9)2-6(7)11-7/h6,10H,2-3H2,1H3/t6?,7-/m1/s1. The Kier molecular flexibility index (Phi) is 1.12. The van der Waals surface area contributed by atoms with Gasteiger partial charge in [-0.2, -0.15) is 0 Å². The number of Topliss-reactive ketones (excluding diaryl/α,β-unsaturated/α-hetero) is 1. The molecule has 0 bridgehead atoms. The zero-order valence-corrected chi connectivity index (χ0v) is 6.20. The fourth-order valence-corrected chi connectivity index (χ4v) is 1.51. The molecule has 2 atom stereocenters. The quantitative estimate of drug-likeness (QED) is 0.311. The summed E-state index contributed by atoms with van der Waals surface area (Å²) in [6, 6.07) is 0. The molecule has 1 heterocycles. The third kappa shape index (κ3) is 0.860. The van der Waals surface area contributed by atoms with E-state index in [1.165, 1.54) is 0 Å². The van der Waals surface area contributed by atoms with E-state index < -0.39 is 0 Å². The SMILES string of the molecule is C[C@@]12CC(=NO)C(=O)CC1O2. The monoisotopic (exact) mass is 155 g/mol. The summed E-state index contributed by atoms with van der Waals surface area (Å²) in [6.45, 7) is 1.93. The first-order valence-corrected chi connectivity index (χ1v) is 3.58. The van der Waals surface area contributed by atoms with E-state index in [0.29, 0.717) is 12.8 Å². The highest BCUT2D eigenvalue weighted by atomic mass is 16.6. The smallest absolute Gasteiger partial charge is 0.183 e. The highest BCUT2D eigenvalue weighted by molar-refractivity contribution is 6.41. The minimum absolute atomic E-state index is 0.0699. The van der Waals surface area contributed by atoms with E-state index in [1.807, 2.05) is 6.92 Å². The van der Waals surface area contributed by atoms with Gasteiger partial charge in [-0.15, -0.1) is 0 Å². The predicted molar refractivity (Wildman–Crippen MR) is 36.7 cm³/mol. The van der Waals surface area contributed by atoms with Crippen LogP contribution in [0.3, 0.4) is 0 Å². The third-order valence-electron chi connectivity index (χ3n) is 2.37. The van der Waals surface area contributed by atoms with Crippen LogP contribution >= 0.6 is 0 Å². The molecular weight excluding hydrogens is 146 g/mol. The van der Waals surface area contributed by atoms with Crippen LogP contribution in [0, 0.1) is 0 Å². The number of hydrogen-bond acceptors (Lipinski definition) is 4. The molecule has 1 aliphatic carbocycles. The van der Waals surface area contributed by atoms with E-state index in [9.17, 15) is 4.79 Å². The molecule has 0 amide bonds. The van der Waals surface area contributed by atoms with Crippen molar-refractivity contribution < 1.29 is 14.7 Å². The molecule has 2 rings (SSSR count). The van der Waals surface area contributed by atoms with E-state index in [0.717, 1.165) is 0 Å². The molecule has 1 saturated carbocycles. The van der Waals surface area contributed by atoms with E-state index in [-0.39, 0.29) is 23.2 Å². The first-order valence-electron chi connectivity index (χ1n) is 3.58. The van der Waals surface area contributed by atoms with Crippen LogP contribution < -0.4 is 0 Å². The molecule has 0 aromatic carbocycles. The van der Waals surface area contributed by atoms with Gasteiger partial charge in [0.15, 0.2) is 5.78 Å². The van der Waals surface area contributed by atoms with E-state index in [1.54, 1.807) is 0 Å². The van der Waals surface area contributed by atoms with Gasteiger partial charge < -0.3 is 9.94 Å². The average Bonchev–Trinajstić information content (AvgIpc) is 2.59. The number of fused-ring (bicyclic) bond motifs is 1. The van der Waals surface area contributed by atoms with Crippen molar-refractivity contribution in [3.05, 3.63) is 0 Å². The van der Waals surface area contributed by atoms with Gasteiger partial charge in [0.1, 0.15) is 5.71 Å². The van der Waals surface area contributed by atoms with E-state index in [2.05, 4.69) is 5.16 Å². The maximum Gasteiger partial charge on any atom is 0.183 e. The molecule has 4 nitrogen and oxygen atoms in total. The lowest BCUT2D eigenvalue weighted by atomic mass is 9.88. The van der Waals surface area contributed by atoms with Gasteiger partial charge in [0, 0.05) is 12.8 Å². The molecule has 1 saturated heterocycles. The summed E-state index contributed by atoms with van der Waals surface area (Å²) in [5.74, 6) is -0.0903. The van der Waals surface area contributed by atoms with Crippen molar-refractivity contribution >= 4 is 11.5 Å². The lowest BCUT2D eigenvalue weighted by molar-refractivity contribution is -0.113. The van der Waals surface area contributed by atoms with Gasteiger partial charge in [0.25, 0.3) is 0 Å². The number of carbonyl (C=O) groups excluding carboxylic acids is 1. The Balaban J connectivity index is 2.21. The molecule has 60 valence electrons. The first-order chi connectivity index (χ1) is 5.15. The fraction of sp³-hybridized carbons (Fsp3) is 0.714. The summed E-state index contributed by atoms with van der Waals surface area (Å²) in [6.07, 6.45) is 0.892. The van der Waals surface area contributed by atoms with Crippen LogP contribution in [0.1, 0.15) is 19.8 Å². The molecule has 0 aromatic heterocycles. The molecule has 2 fully saturated rings. The molecule has 1 N–H and O–H groups in total. The molecule has 2 aliphatic rings. The topological polar surface area (TPSA) is 62.2 Å². The van der Waals surface area contributed by atoms with Crippen LogP contribution in [-0.4, -0.2) is 28.4 Å². The Morgan fingerprint density at radius 1 is 1.82 bits per heavy atom. The average molecular weight is 155 g/mol. The number of ketones is 1. The number of hydrogen-bond donors (Lipinski definition) is 1. The largest absolute Gasteiger partial charge is 0.411 e. The van der Waals surface area contributed by atoms with Crippen molar-refractivity contribution in [1.82, 2.24) is 0 Å². The fourth-order valence-electron chi connectivity index (χ4n) is 1.51. The van der Waals surface area contributed by atoms with Crippen LogP contribution in [0.2, 0.25) is 0 Å².